The molecule has 0 saturated carbocycles. The van der Waals surface area contributed by atoms with Gasteiger partial charge in [0.2, 0.25) is 0 Å². The maximum absolute atomic E-state index is 9.30. The lowest BCUT2D eigenvalue weighted by molar-refractivity contribution is -0.137. The van der Waals surface area contributed by atoms with E-state index in [0.29, 0.717) is 6.79 Å². The molecule has 4 nitrogen and oxygen atoms in total. The van der Waals surface area contributed by atoms with Crippen molar-refractivity contribution in [1.29, 1.82) is 0 Å². The lowest BCUT2D eigenvalue weighted by Crippen LogP contribution is -2.35. The molecule has 0 amide bonds. The molecular formula is C10H21NO3. The molecule has 4 heteroatoms. The van der Waals surface area contributed by atoms with Crippen molar-refractivity contribution in [3.05, 3.63) is 0 Å². The molecular weight excluding hydrogens is 182 g/mol. The summed E-state index contributed by atoms with van der Waals surface area (Å²) in [4.78, 5) is 0. The third-order valence-electron chi connectivity index (χ3n) is 2.47. The summed E-state index contributed by atoms with van der Waals surface area (Å²) in [6.07, 6.45) is 2.72. The van der Waals surface area contributed by atoms with E-state index >= 15 is 0 Å². The van der Waals surface area contributed by atoms with Crippen LogP contribution in [0.15, 0.2) is 0 Å². The van der Waals surface area contributed by atoms with Crippen LogP contribution < -0.4 is 5.32 Å². The second-order valence-electron chi connectivity index (χ2n) is 3.66. The van der Waals surface area contributed by atoms with Crippen molar-refractivity contribution in [2.24, 2.45) is 0 Å². The van der Waals surface area contributed by atoms with Gasteiger partial charge < -0.3 is 19.9 Å². The van der Waals surface area contributed by atoms with Crippen LogP contribution in [0.5, 0.6) is 0 Å². The van der Waals surface area contributed by atoms with Gasteiger partial charge in [-0.25, -0.2) is 0 Å². The number of rotatable bonds is 6. The summed E-state index contributed by atoms with van der Waals surface area (Å²) in [5, 5.41) is 12.6. The molecule has 1 saturated heterocycles. The molecule has 0 bridgehead atoms. The van der Waals surface area contributed by atoms with Gasteiger partial charge in [-0.15, -0.1) is 0 Å². The van der Waals surface area contributed by atoms with Crippen molar-refractivity contribution in [2.45, 2.75) is 38.4 Å². The zero-order valence-corrected chi connectivity index (χ0v) is 8.87. The van der Waals surface area contributed by atoms with Crippen LogP contribution in [-0.2, 0) is 9.47 Å². The molecule has 1 fully saturated rings. The fourth-order valence-corrected chi connectivity index (χ4v) is 1.40. The molecule has 1 aliphatic rings. The molecule has 0 aromatic carbocycles. The fourth-order valence-electron chi connectivity index (χ4n) is 1.40. The Bertz CT molecular complexity index is 137. The van der Waals surface area contributed by atoms with Crippen LogP contribution >= 0.6 is 0 Å². The third-order valence-corrected chi connectivity index (χ3v) is 2.47. The summed E-state index contributed by atoms with van der Waals surface area (Å²) in [6, 6.07) is 0. The van der Waals surface area contributed by atoms with E-state index < -0.39 is 0 Å². The van der Waals surface area contributed by atoms with E-state index in [0.717, 1.165) is 39.0 Å². The van der Waals surface area contributed by atoms with Crippen LogP contribution in [0.4, 0.5) is 0 Å². The third kappa shape index (κ3) is 4.91. The summed E-state index contributed by atoms with van der Waals surface area (Å²) in [6.45, 7) is 4.93. The van der Waals surface area contributed by atoms with Crippen molar-refractivity contribution in [2.75, 3.05) is 26.5 Å². The predicted molar refractivity (Wildman–Crippen MR) is 54.1 cm³/mol. The molecule has 1 rings (SSSR count). The highest BCUT2D eigenvalue weighted by molar-refractivity contribution is 4.64. The highest BCUT2D eigenvalue weighted by Gasteiger charge is 2.13. The van der Waals surface area contributed by atoms with Crippen LogP contribution in [0, 0.1) is 0 Å². The monoisotopic (exact) mass is 203 g/mol. The van der Waals surface area contributed by atoms with Gasteiger partial charge in [0.15, 0.2) is 0 Å². The quantitative estimate of drug-likeness (QED) is 0.617. The van der Waals surface area contributed by atoms with Gasteiger partial charge in [0, 0.05) is 6.54 Å². The molecule has 1 aliphatic heterocycles. The van der Waals surface area contributed by atoms with Crippen LogP contribution in [0.25, 0.3) is 0 Å². The van der Waals surface area contributed by atoms with Gasteiger partial charge in [-0.1, -0.05) is 6.92 Å². The standard InChI is InChI=1S/C10H21NO3/c1-2-9(12)3-5-11-7-10-4-6-13-8-14-10/h9-12H,2-8H2,1H3. The maximum Gasteiger partial charge on any atom is 0.147 e. The van der Waals surface area contributed by atoms with E-state index in [1.807, 2.05) is 6.92 Å². The summed E-state index contributed by atoms with van der Waals surface area (Å²) < 4.78 is 10.4. The number of aliphatic hydroxyl groups is 1. The SMILES string of the molecule is CCC(O)CCNCC1CCOCO1. The van der Waals surface area contributed by atoms with Gasteiger partial charge in [-0.05, 0) is 25.8 Å². The Morgan fingerprint density at radius 2 is 2.43 bits per heavy atom. The summed E-state index contributed by atoms with van der Waals surface area (Å²) in [5.74, 6) is 0. The summed E-state index contributed by atoms with van der Waals surface area (Å²) in [7, 11) is 0. The van der Waals surface area contributed by atoms with Crippen LogP contribution in [0.3, 0.4) is 0 Å². The zero-order chi connectivity index (χ0) is 10.2. The summed E-state index contributed by atoms with van der Waals surface area (Å²) >= 11 is 0. The highest BCUT2D eigenvalue weighted by atomic mass is 16.7. The van der Waals surface area contributed by atoms with Gasteiger partial charge in [-0.2, -0.15) is 0 Å². The highest BCUT2D eigenvalue weighted by Crippen LogP contribution is 2.04. The number of hydrogen-bond donors (Lipinski definition) is 2. The molecule has 2 N–H and O–H groups in total. The number of ether oxygens (including phenoxy) is 2. The molecule has 2 atom stereocenters. The fraction of sp³-hybridized carbons (Fsp3) is 1.00. The van der Waals surface area contributed by atoms with E-state index in [2.05, 4.69) is 5.32 Å². The predicted octanol–water partition coefficient (Wildman–Crippen LogP) is 0.500. The minimum Gasteiger partial charge on any atom is -0.393 e. The average Bonchev–Trinajstić information content (AvgIpc) is 2.25. The van der Waals surface area contributed by atoms with Crippen molar-refractivity contribution in [3.8, 4) is 0 Å². The average molecular weight is 203 g/mol. The van der Waals surface area contributed by atoms with Crippen LogP contribution in [0.2, 0.25) is 0 Å². The molecule has 14 heavy (non-hydrogen) atoms. The molecule has 2 unspecified atom stereocenters. The molecule has 0 spiro atoms. The topological polar surface area (TPSA) is 50.7 Å². The number of hydrogen-bond acceptors (Lipinski definition) is 4. The molecule has 0 aromatic heterocycles. The number of aliphatic hydroxyl groups excluding tert-OH is 1. The molecule has 0 radical (unpaired) electrons. The number of nitrogens with one attached hydrogen (secondary N) is 1. The second-order valence-corrected chi connectivity index (χ2v) is 3.66. The van der Waals surface area contributed by atoms with Crippen LogP contribution in [-0.4, -0.2) is 43.8 Å². The van der Waals surface area contributed by atoms with E-state index in [1.54, 1.807) is 0 Å². The van der Waals surface area contributed by atoms with Gasteiger partial charge in [0.1, 0.15) is 6.79 Å². The second kappa shape index (κ2) is 7.17. The minimum atomic E-state index is -0.168. The normalized spacial score (nSPS) is 24.9. The Labute approximate surface area is 85.6 Å². The smallest absolute Gasteiger partial charge is 0.147 e. The van der Waals surface area contributed by atoms with E-state index in [4.69, 9.17) is 9.47 Å². The first-order chi connectivity index (χ1) is 6.83. The van der Waals surface area contributed by atoms with Crippen molar-refractivity contribution in [3.63, 3.8) is 0 Å². The molecule has 0 aromatic rings. The zero-order valence-electron chi connectivity index (χ0n) is 8.87. The Balaban J connectivity index is 1.92. The minimum absolute atomic E-state index is 0.168. The van der Waals surface area contributed by atoms with E-state index in [-0.39, 0.29) is 12.2 Å². The Morgan fingerprint density at radius 1 is 1.57 bits per heavy atom. The van der Waals surface area contributed by atoms with Crippen molar-refractivity contribution in [1.82, 2.24) is 5.32 Å². The molecule has 1 heterocycles. The maximum atomic E-state index is 9.30. The van der Waals surface area contributed by atoms with Gasteiger partial charge in [-0.3, -0.25) is 0 Å². The van der Waals surface area contributed by atoms with E-state index in [1.165, 1.54) is 0 Å². The van der Waals surface area contributed by atoms with E-state index in [9.17, 15) is 5.11 Å². The van der Waals surface area contributed by atoms with Crippen LogP contribution in [0.1, 0.15) is 26.2 Å². The lowest BCUT2D eigenvalue weighted by Gasteiger charge is -2.23. The van der Waals surface area contributed by atoms with Crippen molar-refractivity contribution >= 4 is 0 Å². The van der Waals surface area contributed by atoms with Gasteiger partial charge in [0.25, 0.3) is 0 Å². The Hall–Kier alpha value is -0.160. The Kier molecular flexibility index (Phi) is 6.10. The molecule has 0 aliphatic carbocycles. The van der Waals surface area contributed by atoms with Gasteiger partial charge >= 0.3 is 0 Å². The first kappa shape index (κ1) is 11.9. The largest absolute Gasteiger partial charge is 0.393 e. The lowest BCUT2D eigenvalue weighted by atomic mass is 10.2. The first-order valence-corrected chi connectivity index (χ1v) is 5.41. The Morgan fingerprint density at radius 3 is 3.07 bits per heavy atom. The van der Waals surface area contributed by atoms with Gasteiger partial charge in [0.05, 0.1) is 18.8 Å². The summed E-state index contributed by atoms with van der Waals surface area (Å²) in [5.41, 5.74) is 0. The molecule has 84 valence electrons. The van der Waals surface area contributed by atoms with Crippen molar-refractivity contribution < 1.29 is 14.6 Å². The first-order valence-electron chi connectivity index (χ1n) is 5.41.